The van der Waals surface area contributed by atoms with E-state index in [4.69, 9.17) is 10.7 Å². The van der Waals surface area contributed by atoms with Crippen LogP contribution in [-0.4, -0.2) is 21.0 Å². The smallest absolute Gasteiger partial charge is 0.101 e. The van der Waals surface area contributed by atoms with Crippen LogP contribution in [-0.2, 0) is 13.5 Å². The molecule has 0 fully saturated rings. The number of anilines is 3. The van der Waals surface area contributed by atoms with E-state index in [1.807, 2.05) is 37.5 Å². The fraction of sp³-hybridized carbons (Fsp3) is 0.200. The van der Waals surface area contributed by atoms with Gasteiger partial charge in [-0.25, -0.2) is 0 Å². The highest BCUT2D eigenvalue weighted by Crippen LogP contribution is 2.34. The molecule has 1 aliphatic rings. The van der Waals surface area contributed by atoms with Gasteiger partial charge in [0.15, 0.2) is 0 Å². The Labute approximate surface area is 157 Å². The van der Waals surface area contributed by atoms with Crippen LogP contribution in [0.4, 0.5) is 17.1 Å². The zero-order valence-electron chi connectivity index (χ0n) is 14.9. The highest BCUT2D eigenvalue weighted by atomic mass is 15.3. The monoisotopic (exact) mass is 357 g/mol. The Bertz CT molecular complexity index is 1040. The topological polar surface area (TPSA) is 102 Å². The number of hydrogen-bond acceptors (Lipinski definition) is 6. The van der Waals surface area contributed by atoms with Gasteiger partial charge in [-0.15, -0.1) is 0 Å². The molecule has 134 valence electrons. The molecule has 0 unspecified atom stereocenters. The Morgan fingerprint density at radius 2 is 2.19 bits per heavy atom. The van der Waals surface area contributed by atoms with Crippen molar-refractivity contribution in [3.8, 4) is 6.07 Å². The third-order valence-corrected chi connectivity index (χ3v) is 4.70. The van der Waals surface area contributed by atoms with Crippen LogP contribution in [0.3, 0.4) is 0 Å². The number of rotatable bonds is 5. The first kappa shape index (κ1) is 16.8. The summed E-state index contributed by atoms with van der Waals surface area (Å²) in [7, 11) is 1.86. The van der Waals surface area contributed by atoms with E-state index in [0.717, 1.165) is 46.7 Å². The van der Waals surface area contributed by atoms with Crippen LogP contribution in [0, 0.1) is 16.7 Å². The van der Waals surface area contributed by atoms with Gasteiger partial charge in [0, 0.05) is 42.6 Å². The lowest BCUT2D eigenvalue weighted by molar-refractivity contribution is 0.746. The van der Waals surface area contributed by atoms with Crippen molar-refractivity contribution in [1.29, 1.82) is 10.7 Å². The summed E-state index contributed by atoms with van der Waals surface area (Å²) in [5.74, 6) is 0. The number of nitrogens with zero attached hydrogens (tertiary/aromatic N) is 4. The molecule has 3 N–H and O–H groups in total. The summed E-state index contributed by atoms with van der Waals surface area (Å²) in [6.45, 7) is 0. The van der Waals surface area contributed by atoms with Crippen LogP contribution in [0.5, 0.6) is 0 Å². The fourth-order valence-corrected chi connectivity index (χ4v) is 3.40. The molecule has 1 aromatic carbocycles. The summed E-state index contributed by atoms with van der Waals surface area (Å²) in [6, 6.07) is 10.1. The van der Waals surface area contributed by atoms with Gasteiger partial charge in [0.25, 0.3) is 0 Å². The summed E-state index contributed by atoms with van der Waals surface area (Å²) in [5, 5.41) is 27.7. The zero-order chi connectivity index (χ0) is 18.8. The first-order chi connectivity index (χ1) is 13.2. The lowest BCUT2D eigenvalue weighted by Crippen LogP contribution is -2.09. The predicted octanol–water partition coefficient (Wildman–Crippen LogP) is 3.53. The molecule has 2 heterocycles. The number of aryl methyl sites for hydroxylation is 2. The van der Waals surface area contributed by atoms with Crippen LogP contribution >= 0.6 is 0 Å². The molecule has 1 atom stereocenters. The lowest BCUT2D eigenvalue weighted by Gasteiger charge is -2.17. The number of aromatic nitrogens is 3. The van der Waals surface area contributed by atoms with Gasteiger partial charge in [-0.3, -0.25) is 9.67 Å². The molecule has 2 aromatic heterocycles. The van der Waals surface area contributed by atoms with Gasteiger partial charge in [-0.1, -0.05) is 0 Å². The Morgan fingerprint density at radius 3 is 2.93 bits per heavy atom. The largest absolute Gasteiger partial charge is 0.377 e. The van der Waals surface area contributed by atoms with Gasteiger partial charge >= 0.3 is 0 Å². The van der Waals surface area contributed by atoms with Crippen LogP contribution in [0.1, 0.15) is 34.8 Å². The van der Waals surface area contributed by atoms with Crippen molar-refractivity contribution in [3.63, 3.8) is 0 Å². The maximum Gasteiger partial charge on any atom is 0.101 e. The van der Waals surface area contributed by atoms with Crippen molar-refractivity contribution < 1.29 is 0 Å². The molecule has 4 rings (SSSR count). The average molecular weight is 357 g/mol. The molecule has 0 saturated heterocycles. The minimum Gasteiger partial charge on any atom is -0.377 e. The highest BCUT2D eigenvalue weighted by Gasteiger charge is 2.24. The maximum atomic E-state index is 9.04. The molecular weight excluding hydrogens is 338 g/mol. The molecule has 0 spiro atoms. The van der Waals surface area contributed by atoms with E-state index in [1.165, 1.54) is 6.21 Å². The Kier molecular flexibility index (Phi) is 4.30. The minimum atomic E-state index is 0.116. The van der Waals surface area contributed by atoms with E-state index >= 15 is 0 Å². The standard InChI is InChI=1S/C20H19N7/c1-27-12-17(11-24-27)26-19-7-16(4-2-15(19)9-22)25-18-5-3-14-6-13(8-21)10-23-20(14)18/h2,4,6-7,9-12,18,22,25-26H,3,5H2,1H3/t18-/m1/s1. The van der Waals surface area contributed by atoms with Crippen molar-refractivity contribution in [3.05, 3.63) is 65.2 Å². The highest BCUT2D eigenvalue weighted by molar-refractivity contribution is 5.88. The normalized spacial score (nSPS) is 15.0. The van der Waals surface area contributed by atoms with E-state index in [1.54, 1.807) is 17.1 Å². The van der Waals surface area contributed by atoms with Crippen molar-refractivity contribution in [1.82, 2.24) is 14.8 Å². The van der Waals surface area contributed by atoms with E-state index in [2.05, 4.69) is 26.8 Å². The van der Waals surface area contributed by atoms with Gasteiger partial charge in [0.2, 0.25) is 0 Å². The first-order valence-electron chi connectivity index (χ1n) is 8.72. The predicted molar refractivity (Wildman–Crippen MR) is 104 cm³/mol. The third kappa shape index (κ3) is 3.37. The molecule has 1 aliphatic carbocycles. The van der Waals surface area contributed by atoms with Gasteiger partial charge < -0.3 is 16.0 Å². The fourth-order valence-electron chi connectivity index (χ4n) is 3.40. The van der Waals surface area contributed by atoms with Gasteiger partial charge in [0.05, 0.1) is 29.2 Å². The van der Waals surface area contributed by atoms with Crippen LogP contribution in [0.2, 0.25) is 0 Å². The summed E-state index contributed by atoms with van der Waals surface area (Å²) in [6.07, 6.45) is 8.45. The Hall–Kier alpha value is -3.66. The second-order valence-electron chi connectivity index (χ2n) is 6.59. The van der Waals surface area contributed by atoms with Crippen molar-refractivity contribution in [2.24, 2.45) is 7.05 Å². The molecule has 0 saturated carbocycles. The molecular formula is C20H19N7. The summed E-state index contributed by atoms with van der Waals surface area (Å²) < 4.78 is 1.73. The number of fused-ring (bicyclic) bond motifs is 1. The summed E-state index contributed by atoms with van der Waals surface area (Å²) in [4.78, 5) is 4.49. The molecule has 27 heavy (non-hydrogen) atoms. The molecule has 0 amide bonds. The zero-order valence-corrected chi connectivity index (χ0v) is 14.9. The van der Waals surface area contributed by atoms with E-state index < -0.39 is 0 Å². The number of nitriles is 1. The molecule has 0 aliphatic heterocycles. The Balaban J connectivity index is 1.58. The first-order valence-corrected chi connectivity index (χ1v) is 8.72. The van der Waals surface area contributed by atoms with E-state index in [9.17, 15) is 0 Å². The van der Waals surface area contributed by atoms with Gasteiger partial charge in [-0.2, -0.15) is 10.4 Å². The average Bonchev–Trinajstić information content (AvgIpc) is 3.27. The molecule has 7 nitrogen and oxygen atoms in total. The summed E-state index contributed by atoms with van der Waals surface area (Å²) >= 11 is 0. The van der Waals surface area contributed by atoms with Crippen molar-refractivity contribution in [2.45, 2.75) is 18.9 Å². The van der Waals surface area contributed by atoms with Crippen molar-refractivity contribution in [2.75, 3.05) is 10.6 Å². The molecule has 0 bridgehead atoms. The maximum absolute atomic E-state index is 9.04. The Morgan fingerprint density at radius 1 is 1.30 bits per heavy atom. The number of nitrogens with one attached hydrogen (secondary N) is 3. The van der Waals surface area contributed by atoms with Gasteiger partial charge in [-0.05, 0) is 42.7 Å². The third-order valence-electron chi connectivity index (χ3n) is 4.70. The SMILES string of the molecule is Cn1cc(Nc2cc(N[C@@H]3CCc4cc(C#N)cnc43)ccc2C=N)cn1. The van der Waals surface area contributed by atoms with Crippen LogP contribution in [0.15, 0.2) is 42.9 Å². The molecule has 7 heteroatoms. The van der Waals surface area contributed by atoms with E-state index in [-0.39, 0.29) is 6.04 Å². The quantitative estimate of drug-likeness (QED) is 0.606. The second-order valence-corrected chi connectivity index (χ2v) is 6.59. The van der Waals surface area contributed by atoms with Crippen LogP contribution < -0.4 is 10.6 Å². The number of benzene rings is 1. The molecule has 0 radical (unpaired) electrons. The van der Waals surface area contributed by atoms with E-state index in [0.29, 0.717) is 5.56 Å². The van der Waals surface area contributed by atoms with Crippen LogP contribution in [0.25, 0.3) is 0 Å². The van der Waals surface area contributed by atoms with Gasteiger partial charge in [0.1, 0.15) is 6.07 Å². The van der Waals surface area contributed by atoms with Crippen molar-refractivity contribution >= 4 is 23.3 Å². The second kappa shape index (κ2) is 6.92. The minimum absolute atomic E-state index is 0.116. The number of pyridine rings is 1. The number of hydrogen-bond donors (Lipinski definition) is 3. The summed E-state index contributed by atoms with van der Waals surface area (Å²) in [5.41, 5.74) is 6.21. The lowest BCUT2D eigenvalue weighted by atomic mass is 10.1. The molecule has 3 aromatic rings.